The molecule has 2 N–H and O–H groups in total. The zero-order valence-electron chi connectivity index (χ0n) is 13.4. The fourth-order valence-corrected chi connectivity index (χ4v) is 2.08. The van der Waals surface area contributed by atoms with Crippen LogP contribution < -0.4 is 5.32 Å². The molecule has 0 heterocycles. The maximum atomic E-state index is 11.4. The molecule has 5 nitrogen and oxygen atoms in total. The average molecular weight is 301 g/mol. The third kappa shape index (κ3) is 16.7. The summed E-state index contributed by atoms with van der Waals surface area (Å²) in [4.78, 5) is 21.6. The molecule has 0 fully saturated rings. The van der Waals surface area contributed by atoms with E-state index in [0.29, 0.717) is 32.4 Å². The number of ether oxygens (including phenoxy) is 1. The van der Waals surface area contributed by atoms with Gasteiger partial charge >= 0.3 is 12.1 Å². The van der Waals surface area contributed by atoms with E-state index in [-0.39, 0.29) is 5.97 Å². The number of rotatable bonds is 14. The molecule has 0 atom stereocenters. The Balaban J connectivity index is 3.18. The van der Waals surface area contributed by atoms with Gasteiger partial charge in [0.05, 0.1) is 6.61 Å². The second kappa shape index (κ2) is 15.1. The molecule has 1 amide bonds. The van der Waals surface area contributed by atoms with E-state index in [1.54, 1.807) is 0 Å². The van der Waals surface area contributed by atoms with E-state index in [1.807, 2.05) is 0 Å². The van der Waals surface area contributed by atoms with Crippen LogP contribution in [-0.2, 0) is 9.53 Å². The highest BCUT2D eigenvalue weighted by Gasteiger charge is 2.02. The molecular formula is C16H31NO4. The Bertz CT molecular complexity index is 269. The van der Waals surface area contributed by atoms with Crippen LogP contribution in [0.5, 0.6) is 0 Å². The predicted molar refractivity (Wildman–Crippen MR) is 83.4 cm³/mol. The normalized spacial score (nSPS) is 10.3. The molecule has 0 aromatic heterocycles. The first-order valence-electron chi connectivity index (χ1n) is 8.29. The molecule has 5 heteroatoms. The van der Waals surface area contributed by atoms with Crippen molar-refractivity contribution in [2.45, 2.75) is 77.6 Å². The highest BCUT2D eigenvalue weighted by atomic mass is 16.5. The van der Waals surface area contributed by atoms with Crippen LogP contribution in [0.15, 0.2) is 0 Å². The summed E-state index contributed by atoms with van der Waals surface area (Å²) < 4.78 is 5.09. The van der Waals surface area contributed by atoms with Gasteiger partial charge in [-0.15, -0.1) is 0 Å². The van der Waals surface area contributed by atoms with Crippen molar-refractivity contribution in [1.29, 1.82) is 0 Å². The molecule has 0 saturated carbocycles. The smallest absolute Gasteiger partial charge is 0.404 e. The van der Waals surface area contributed by atoms with Crippen molar-refractivity contribution >= 4 is 12.1 Å². The molecule has 0 aliphatic rings. The molecule has 0 spiro atoms. The molecule has 0 aliphatic heterocycles. The van der Waals surface area contributed by atoms with Gasteiger partial charge in [-0.1, -0.05) is 51.9 Å². The number of carbonyl (C=O) groups is 2. The standard InChI is InChI=1S/C16H31NO4/c1-2-3-4-5-6-7-8-9-12-15(18)21-14-11-10-13-17-16(19)20/h17H,2-14H2,1H3,(H,19,20). The SMILES string of the molecule is CCCCCCCCCCC(=O)OCCCCNC(=O)O. The summed E-state index contributed by atoms with van der Waals surface area (Å²) in [6.07, 6.45) is 10.6. The van der Waals surface area contributed by atoms with Crippen molar-refractivity contribution in [3.8, 4) is 0 Å². The van der Waals surface area contributed by atoms with Crippen molar-refractivity contribution < 1.29 is 19.4 Å². The lowest BCUT2D eigenvalue weighted by Gasteiger charge is -2.05. The number of amides is 1. The van der Waals surface area contributed by atoms with E-state index < -0.39 is 6.09 Å². The lowest BCUT2D eigenvalue weighted by Crippen LogP contribution is -2.22. The maximum absolute atomic E-state index is 11.4. The van der Waals surface area contributed by atoms with E-state index >= 15 is 0 Å². The van der Waals surface area contributed by atoms with E-state index in [9.17, 15) is 9.59 Å². The maximum Gasteiger partial charge on any atom is 0.404 e. The van der Waals surface area contributed by atoms with Crippen molar-refractivity contribution in [2.24, 2.45) is 0 Å². The number of unbranched alkanes of at least 4 members (excludes halogenated alkanes) is 8. The minimum absolute atomic E-state index is 0.132. The Morgan fingerprint density at radius 2 is 1.52 bits per heavy atom. The monoisotopic (exact) mass is 301 g/mol. The molecule has 21 heavy (non-hydrogen) atoms. The topological polar surface area (TPSA) is 75.6 Å². The zero-order valence-corrected chi connectivity index (χ0v) is 13.4. The highest BCUT2D eigenvalue weighted by molar-refractivity contribution is 5.69. The van der Waals surface area contributed by atoms with Gasteiger partial charge in [-0.05, 0) is 19.3 Å². The Morgan fingerprint density at radius 1 is 0.905 bits per heavy atom. The van der Waals surface area contributed by atoms with Crippen LogP contribution in [0.25, 0.3) is 0 Å². The number of carboxylic acid groups (broad SMARTS) is 1. The number of hydrogen-bond acceptors (Lipinski definition) is 3. The van der Waals surface area contributed by atoms with Crippen LogP contribution in [0, 0.1) is 0 Å². The average Bonchev–Trinajstić information content (AvgIpc) is 2.45. The lowest BCUT2D eigenvalue weighted by atomic mass is 10.1. The molecule has 0 rings (SSSR count). The first kappa shape index (κ1) is 19.7. The van der Waals surface area contributed by atoms with Crippen LogP contribution >= 0.6 is 0 Å². The second-order valence-electron chi connectivity index (χ2n) is 5.38. The van der Waals surface area contributed by atoms with Gasteiger partial charge in [-0.2, -0.15) is 0 Å². The fourth-order valence-electron chi connectivity index (χ4n) is 2.08. The zero-order chi connectivity index (χ0) is 15.8. The number of nitrogens with one attached hydrogen (secondary N) is 1. The van der Waals surface area contributed by atoms with E-state index in [0.717, 1.165) is 12.8 Å². The van der Waals surface area contributed by atoms with Crippen molar-refractivity contribution in [3.05, 3.63) is 0 Å². The van der Waals surface area contributed by atoms with Gasteiger partial charge in [-0.25, -0.2) is 4.79 Å². The highest BCUT2D eigenvalue weighted by Crippen LogP contribution is 2.09. The number of hydrogen-bond donors (Lipinski definition) is 2. The third-order valence-corrected chi connectivity index (χ3v) is 3.34. The second-order valence-corrected chi connectivity index (χ2v) is 5.38. The summed E-state index contributed by atoms with van der Waals surface area (Å²) >= 11 is 0. The first-order valence-corrected chi connectivity index (χ1v) is 8.29. The van der Waals surface area contributed by atoms with Crippen LogP contribution in [-0.4, -0.2) is 30.3 Å². The molecule has 0 aliphatic carbocycles. The van der Waals surface area contributed by atoms with Gasteiger partial charge in [0.15, 0.2) is 0 Å². The quantitative estimate of drug-likeness (QED) is 0.374. The third-order valence-electron chi connectivity index (χ3n) is 3.34. The van der Waals surface area contributed by atoms with Gasteiger partial charge < -0.3 is 15.2 Å². The number of carbonyl (C=O) groups excluding carboxylic acids is 1. The largest absolute Gasteiger partial charge is 0.466 e. The minimum Gasteiger partial charge on any atom is -0.466 e. The minimum atomic E-state index is -1.01. The first-order chi connectivity index (χ1) is 10.2. The molecule has 0 unspecified atom stereocenters. The Hall–Kier alpha value is -1.26. The van der Waals surface area contributed by atoms with Crippen LogP contribution in [0.2, 0.25) is 0 Å². The van der Waals surface area contributed by atoms with Gasteiger partial charge in [0.25, 0.3) is 0 Å². The van der Waals surface area contributed by atoms with Crippen LogP contribution in [0.1, 0.15) is 77.6 Å². The van der Waals surface area contributed by atoms with Gasteiger partial charge in [-0.3, -0.25) is 4.79 Å². The predicted octanol–water partition coefficient (Wildman–Crippen LogP) is 4.11. The van der Waals surface area contributed by atoms with Crippen molar-refractivity contribution in [2.75, 3.05) is 13.2 Å². The Morgan fingerprint density at radius 3 is 2.14 bits per heavy atom. The molecule has 0 saturated heterocycles. The van der Waals surface area contributed by atoms with Gasteiger partial charge in [0, 0.05) is 13.0 Å². The Labute approximate surface area is 128 Å². The lowest BCUT2D eigenvalue weighted by molar-refractivity contribution is -0.143. The molecular weight excluding hydrogens is 270 g/mol. The van der Waals surface area contributed by atoms with Gasteiger partial charge in [0.2, 0.25) is 0 Å². The molecule has 0 radical (unpaired) electrons. The van der Waals surface area contributed by atoms with E-state index in [4.69, 9.17) is 9.84 Å². The summed E-state index contributed by atoms with van der Waals surface area (Å²) in [5.74, 6) is -0.132. The van der Waals surface area contributed by atoms with E-state index in [2.05, 4.69) is 12.2 Å². The molecule has 0 bridgehead atoms. The molecule has 124 valence electrons. The number of esters is 1. The van der Waals surface area contributed by atoms with Crippen LogP contribution in [0.4, 0.5) is 4.79 Å². The Kier molecular flexibility index (Phi) is 14.2. The van der Waals surface area contributed by atoms with E-state index in [1.165, 1.54) is 38.5 Å². The van der Waals surface area contributed by atoms with Crippen molar-refractivity contribution in [3.63, 3.8) is 0 Å². The summed E-state index contributed by atoms with van der Waals surface area (Å²) in [5.41, 5.74) is 0. The fraction of sp³-hybridized carbons (Fsp3) is 0.875. The summed E-state index contributed by atoms with van der Waals surface area (Å²) in [7, 11) is 0. The van der Waals surface area contributed by atoms with Crippen molar-refractivity contribution in [1.82, 2.24) is 5.32 Å². The van der Waals surface area contributed by atoms with Crippen LogP contribution in [0.3, 0.4) is 0 Å². The van der Waals surface area contributed by atoms with Gasteiger partial charge in [0.1, 0.15) is 0 Å². The summed E-state index contributed by atoms with van der Waals surface area (Å²) in [6.45, 7) is 3.01. The summed E-state index contributed by atoms with van der Waals surface area (Å²) in [6, 6.07) is 0. The summed E-state index contributed by atoms with van der Waals surface area (Å²) in [5, 5.41) is 10.6. The molecule has 0 aromatic carbocycles. The molecule has 0 aromatic rings.